The van der Waals surface area contributed by atoms with Crippen molar-refractivity contribution in [3.8, 4) is 0 Å². The summed E-state index contributed by atoms with van der Waals surface area (Å²) in [4.78, 5) is 4.30. The second kappa shape index (κ2) is 10.6. The lowest BCUT2D eigenvalue weighted by Gasteiger charge is -2.36. The van der Waals surface area contributed by atoms with Crippen LogP contribution in [0.5, 0.6) is 0 Å². The number of ether oxygens (including phenoxy) is 1. The molecule has 0 unspecified atom stereocenters. The van der Waals surface area contributed by atoms with Gasteiger partial charge in [0.15, 0.2) is 5.96 Å². The van der Waals surface area contributed by atoms with Gasteiger partial charge in [0, 0.05) is 43.1 Å². The smallest absolute Gasteiger partial charge is 0.191 e. The first-order valence-corrected chi connectivity index (χ1v) is 9.09. The van der Waals surface area contributed by atoms with Gasteiger partial charge in [0.1, 0.15) is 0 Å². The quantitative estimate of drug-likeness (QED) is 0.393. The molecular formula is C16H25ClIN3OS. The zero-order valence-electron chi connectivity index (χ0n) is 13.6. The van der Waals surface area contributed by atoms with Crippen LogP contribution in [0.4, 0.5) is 0 Å². The average Bonchev–Trinajstić information content (AvgIpc) is 2.57. The van der Waals surface area contributed by atoms with Gasteiger partial charge in [-0.05, 0) is 36.8 Å². The van der Waals surface area contributed by atoms with Crippen LogP contribution in [0.15, 0.2) is 29.3 Å². The number of thioether (sulfide) groups is 1. The summed E-state index contributed by atoms with van der Waals surface area (Å²) in [6, 6.07) is 7.84. The molecule has 0 amide bonds. The van der Waals surface area contributed by atoms with Gasteiger partial charge in [0.2, 0.25) is 0 Å². The van der Waals surface area contributed by atoms with Gasteiger partial charge in [-0.2, -0.15) is 11.8 Å². The van der Waals surface area contributed by atoms with Gasteiger partial charge in [-0.1, -0.05) is 23.7 Å². The van der Waals surface area contributed by atoms with Crippen molar-refractivity contribution in [2.45, 2.75) is 24.1 Å². The molecule has 0 aliphatic carbocycles. The molecule has 130 valence electrons. The highest BCUT2D eigenvalue weighted by molar-refractivity contribution is 14.0. The number of guanidine groups is 1. The largest absolute Gasteiger partial charge is 0.381 e. The van der Waals surface area contributed by atoms with Crippen molar-refractivity contribution in [2.75, 3.05) is 33.1 Å². The standard InChI is InChI=1S/C16H24ClN3OS.HI/c1-18-15(19-11-13-3-5-14(17)6-4-13)20-12-16(22-2)7-9-21-10-8-16;/h3-6H,7-12H2,1-2H3,(H2,18,19,20);1H. The summed E-state index contributed by atoms with van der Waals surface area (Å²) >= 11 is 7.82. The molecule has 23 heavy (non-hydrogen) atoms. The van der Waals surface area contributed by atoms with E-state index in [2.05, 4.69) is 21.9 Å². The Morgan fingerprint density at radius 3 is 2.48 bits per heavy atom. The third-order valence-corrected chi connectivity index (χ3v) is 5.68. The maximum absolute atomic E-state index is 5.90. The molecule has 1 fully saturated rings. The lowest BCUT2D eigenvalue weighted by Crippen LogP contribution is -2.47. The van der Waals surface area contributed by atoms with Crippen LogP contribution >= 0.6 is 47.3 Å². The second-order valence-electron chi connectivity index (χ2n) is 5.41. The molecule has 0 aromatic heterocycles. The fraction of sp³-hybridized carbons (Fsp3) is 0.562. The number of hydrogen-bond acceptors (Lipinski definition) is 3. The van der Waals surface area contributed by atoms with Gasteiger partial charge in [0.25, 0.3) is 0 Å². The molecule has 0 saturated carbocycles. The van der Waals surface area contributed by atoms with Crippen LogP contribution in [-0.2, 0) is 11.3 Å². The van der Waals surface area contributed by atoms with Crippen LogP contribution in [0.25, 0.3) is 0 Å². The number of benzene rings is 1. The summed E-state index contributed by atoms with van der Waals surface area (Å²) in [6.07, 6.45) is 4.33. The summed E-state index contributed by atoms with van der Waals surface area (Å²) in [7, 11) is 1.80. The van der Waals surface area contributed by atoms with Gasteiger partial charge in [0.05, 0.1) is 0 Å². The Balaban J connectivity index is 0.00000264. The predicted octanol–water partition coefficient (Wildman–Crippen LogP) is 3.54. The maximum atomic E-state index is 5.90. The number of nitrogens with one attached hydrogen (secondary N) is 2. The van der Waals surface area contributed by atoms with Gasteiger partial charge in [-0.15, -0.1) is 24.0 Å². The van der Waals surface area contributed by atoms with E-state index in [1.54, 1.807) is 7.05 Å². The van der Waals surface area contributed by atoms with Crippen molar-refractivity contribution in [1.29, 1.82) is 0 Å². The molecule has 0 radical (unpaired) electrons. The van der Waals surface area contributed by atoms with E-state index in [1.807, 2.05) is 36.0 Å². The zero-order valence-corrected chi connectivity index (χ0v) is 17.5. The van der Waals surface area contributed by atoms with Gasteiger partial charge in [-0.25, -0.2) is 0 Å². The molecule has 1 saturated heterocycles. The van der Waals surface area contributed by atoms with E-state index in [0.29, 0.717) is 0 Å². The van der Waals surface area contributed by atoms with Gasteiger partial charge in [-0.3, -0.25) is 4.99 Å². The first kappa shape index (κ1) is 20.9. The molecule has 0 atom stereocenters. The number of halogens is 2. The molecule has 1 aliphatic heterocycles. The molecule has 1 aromatic rings. The Bertz CT molecular complexity index is 493. The Morgan fingerprint density at radius 1 is 1.26 bits per heavy atom. The average molecular weight is 470 g/mol. The first-order chi connectivity index (χ1) is 10.7. The minimum absolute atomic E-state index is 0. The third kappa shape index (κ3) is 6.68. The fourth-order valence-corrected chi connectivity index (χ4v) is 3.37. The minimum Gasteiger partial charge on any atom is -0.381 e. The molecule has 1 aliphatic rings. The van der Waals surface area contributed by atoms with E-state index >= 15 is 0 Å². The van der Waals surface area contributed by atoms with E-state index in [9.17, 15) is 0 Å². The number of rotatable bonds is 5. The fourth-order valence-electron chi connectivity index (χ4n) is 2.45. The normalized spacial score (nSPS) is 17.3. The van der Waals surface area contributed by atoms with Crippen molar-refractivity contribution in [2.24, 2.45) is 4.99 Å². The van der Waals surface area contributed by atoms with Crippen molar-refractivity contribution in [3.63, 3.8) is 0 Å². The van der Waals surface area contributed by atoms with Gasteiger partial charge >= 0.3 is 0 Å². The van der Waals surface area contributed by atoms with Crippen LogP contribution in [-0.4, -0.2) is 43.8 Å². The third-order valence-electron chi connectivity index (χ3n) is 4.01. The van der Waals surface area contributed by atoms with Crippen molar-refractivity contribution >= 4 is 53.3 Å². The lowest BCUT2D eigenvalue weighted by molar-refractivity contribution is 0.0783. The number of hydrogen-bond donors (Lipinski definition) is 2. The molecule has 0 bridgehead atoms. The molecule has 0 spiro atoms. The summed E-state index contributed by atoms with van der Waals surface area (Å²) in [5.74, 6) is 0.829. The first-order valence-electron chi connectivity index (χ1n) is 7.49. The highest BCUT2D eigenvalue weighted by atomic mass is 127. The molecule has 2 N–H and O–H groups in total. The maximum Gasteiger partial charge on any atom is 0.191 e. The van der Waals surface area contributed by atoms with Crippen LogP contribution in [0.3, 0.4) is 0 Å². The molecule has 4 nitrogen and oxygen atoms in total. The Morgan fingerprint density at radius 2 is 1.91 bits per heavy atom. The number of nitrogens with zero attached hydrogens (tertiary/aromatic N) is 1. The summed E-state index contributed by atoms with van der Waals surface area (Å²) in [6.45, 7) is 3.32. The van der Waals surface area contributed by atoms with Crippen LogP contribution < -0.4 is 10.6 Å². The summed E-state index contributed by atoms with van der Waals surface area (Å²) in [5, 5.41) is 7.55. The Hall–Kier alpha value is -0.180. The SMILES string of the molecule is CN=C(NCc1ccc(Cl)cc1)NCC1(SC)CCOCC1.I. The summed E-state index contributed by atoms with van der Waals surface area (Å²) < 4.78 is 5.72. The van der Waals surface area contributed by atoms with E-state index in [1.165, 1.54) is 5.56 Å². The molecular weight excluding hydrogens is 445 g/mol. The predicted molar refractivity (Wildman–Crippen MR) is 111 cm³/mol. The second-order valence-corrected chi connectivity index (χ2v) is 7.12. The minimum atomic E-state index is 0. The van der Waals surface area contributed by atoms with Crippen molar-refractivity contribution in [3.05, 3.63) is 34.9 Å². The zero-order chi connectivity index (χ0) is 15.8. The van der Waals surface area contributed by atoms with E-state index in [-0.39, 0.29) is 28.7 Å². The van der Waals surface area contributed by atoms with Crippen LogP contribution in [0.2, 0.25) is 5.02 Å². The highest BCUT2D eigenvalue weighted by Crippen LogP contribution is 2.32. The van der Waals surface area contributed by atoms with E-state index < -0.39 is 0 Å². The lowest BCUT2D eigenvalue weighted by atomic mass is 9.99. The Labute approximate surface area is 165 Å². The molecule has 1 aromatic carbocycles. The van der Waals surface area contributed by atoms with Crippen LogP contribution in [0, 0.1) is 0 Å². The number of aliphatic imine (C=N–C) groups is 1. The topological polar surface area (TPSA) is 45.7 Å². The molecule has 7 heteroatoms. The Kier molecular flexibility index (Phi) is 9.65. The van der Waals surface area contributed by atoms with Crippen LogP contribution in [0.1, 0.15) is 18.4 Å². The summed E-state index contributed by atoms with van der Waals surface area (Å²) in [5.41, 5.74) is 1.18. The molecule has 2 rings (SSSR count). The highest BCUT2D eigenvalue weighted by Gasteiger charge is 2.31. The van der Waals surface area contributed by atoms with Crippen molar-refractivity contribution < 1.29 is 4.74 Å². The van der Waals surface area contributed by atoms with Crippen molar-refractivity contribution in [1.82, 2.24) is 10.6 Å². The monoisotopic (exact) mass is 469 g/mol. The van der Waals surface area contributed by atoms with E-state index in [0.717, 1.165) is 50.1 Å². The molecule has 1 heterocycles. The van der Waals surface area contributed by atoms with E-state index in [4.69, 9.17) is 16.3 Å². The van der Waals surface area contributed by atoms with Gasteiger partial charge < -0.3 is 15.4 Å².